The standard InChI is InChI=1S/C14H25P.C8H8O.BF4/c1-2-15(13-9-5-3-6-10-13)14-11-7-4-8-12-14;1-7(9)8-5-3-2-4-6-8;2-1(3,4)5/h2,13-14H,1,3-12H2;2-6H,1H3;/q;;-1. The predicted octanol–water partition coefficient (Wildman–Crippen LogP) is 8.47. The second kappa shape index (κ2) is 14.0. The largest absolute Gasteiger partial charge is 0.673 e. The molecule has 0 aliphatic heterocycles. The van der Waals surface area contributed by atoms with Gasteiger partial charge in [-0.15, -0.1) is 0 Å². The van der Waals surface area contributed by atoms with Gasteiger partial charge in [-0.05, 0) is 43.9 Å². The lowest BCUT2D eigenvalue weighted by atomic mass is 9.99. The van der Waals surface area contributed by atoms with Crippen molar-refractivity contribution >= 4 is 21.0 Å². The maximum Gasteiger partial charge on any atom is 0.673 e. The van der Waals surface area contributed by atoms with Crippen molar-refractivity contribution < 1.29 is 22.1 Å². The zero-order valence-electron chi connectivity index (χ0n) is 17.3. The fourth-order valence-corrected chi connectivity index (χ4v) is 7.14. The van der Waals surface area contributed by atoms with E-state index in [0.29, 0.717) is 0 Å². The summed E-state index contributed by atoms with van der Waals surface area (Å²) in [4.78, 5) is 10.6. The first-order chi connectivity index (χ1) is 13.7. The van der Waals surface area contributed by atoms with E-state index in [1.807, 2.05) is 30.3 Å². The molecule has 1 nitrogen and oxygen atoms in total. The minimum Gasteiger partial charge on any atom is -0.418 e. The van der Waals surface area contributed by atoms with E-state index in [1.54, 1.807) is 6.92 Å². The van der Waals surface area contributed by atoms with Crippen molar-refractivity contribution in [2.24, 2.45) is 0 Å². The molecule has 1 aromatic carbocycles. The van der Waals surface area contributed by atoms with Crippen LogP contribution in [0.25, 0.3) is 0 Å². The lowest BCUT2D eigenvalue weighted by Gasteiger charge is -2.36. The number of benzene rings is 1. The summed E-state index contributed by atoms with van der Waals surface area (Å²) in [6, 6.07) is 9.23. The van der Waals surface area contributed by atoms with Gasteiger partial charge in [0.25, 0.3) is 0 Å². The molecule has 29 heavy (non-hydrogen) atoms. The number of ketones is 1. The number of hydrogen-bond donors (Lipinski definition) is 0. The summed E-state index contributed by atoms with van der Waals surface area (Å²) in [7, 11) is -5.83. The summed E-state index contributed by atoms with van der Waals surface area (Å²) in [6.45, 7) is 5.71. The fourth-order valence-electron chi connectivity index (χ4n) is 4.03. The van der Waals surface area contributed by atoms with Crippen molar-refractivity contribution in [1.29, 1.82) is 0 Å². The van der Waals surface area contributed by atoms with Crippen LogP contribution in [0.5, 0.6) is 0 Å². The number of carbonyl (C=O) groups is 1. The first kappa shape index (κ1) is 25.9. The van der Waals surface area contributed by atoms with Gasteiger partial charge in [0.1, 0.15) is 0 Å². The third-order valence-electron chi connectivity index (χ3n) is 5.38. The third-order valence-corrected chi connectivity index (χ3v) is 8.52. The summed E-state index contributed by atoms with van der Waals surface area (Å²) in [5.41, 5.74) is 2.88. The SMILES string of the molecule is C=CP(C1CCCCC1)C1CCCCC1.CC(=O)c1ccccc1.F[B-](F)(F)F. The third kappa shape index (κ3) is 12.2. The van der Waals surface area contributed by atoms with Crippen molar-refractivity contribution in [3.8, 4) is 0 Å². The molecule has 0 N–H and O–H groups in total. The lowest BCUT2D eigenvalue weighted by Crippen LogP contribution is -2.19. The van der Waals surface area contributed by atoms with Gasteiger partial charge in [-0.25, -0.2) is 0 Å². The van der Waals surface area contributed by atoms with Crippen LogP contribution in [-0.2, 0) is 0 Å². The van der Waals surface area contributed by atoms with E-state index in [1.165, 1.54) is 64.2 Å². The maximum atomic E-state index is 10.6. The van der Waals surface area contributed by atoms with Crippen molar-refractivity contribution in [3.05, 3.63) is 48.3 Å². The van der Waals surface area contributed by atoms with Crippen LogP contribution in [0, 0.1) is 0 Å². The van der Waals surface area contributed by atoms with Gasteiger partial charge < -0.3 is 17.3 Å². The number of Topliss-reactive ketones (excluding diaryl/α,β-unsaturated/α-hetero) is 1. The second-order valence-corrected chi connectivity index (χ2v) is 10.4. The molecule has 1 aromatic rings. The highest BCUT2D eigenvalue weighted by molar-refractivity contribution is 7.62. The lowest BCUT2D eigenvalue weighted by molar-refractivity contribution is 0.101. The Balaban J connectivity index is 0.000000255. The molecule has 3 rings (SSSR count). The molecular formula is C22H33BF4OP-. The van der Waals surface area contributed by atoms with Crippen LogP contribution in [0.4, 0.5) is 17.3 Å². The van der Waals surface area contributed by atoms with Gasteiger partial charge in [0.2, 0.25) is 0 Å². The second-order valence-electron chi connectivity index (χ2n) is 7.63. The van der Waals surface area contributed by atoms with E-state index in [0.717, 1.165) is 16.9 Å². The number of halogens is 4. The average Bonchev–Trinajstić information content (AvgIpc) is 2.70. The minimum atomic E-state index is -6.00. The Bertz CT molecular complexity index is 558. The van der Waals surface area contributed by atoms with Crippen LogP contribution >= 0.6 is 7.92 Å². The van der Waals surface area contributed by atoms with E-state index in [4.69, 9.17) is 0 Å². The smallest absolute Gasteiger partial charge is 0.418 e. The highest BCUT2D eigenvalue weighted by Crippen LogP contribution is 2.56. The van der Waals surface area contributed by atoms with Crippen molar-refractivity contribution in [3.63, 3.8) is 0 Å². The summed E-state index contributed by atoms with van der Waals surface area (Å²) < 4.78 is 39.0. The van der Waals surface area contributed by atoms with Crippen molar-refractivity contribution in [2.75, 3.05) is 0 Å². The summed E-state index contributed by atoms with van der Waals surface area (Å²) in [6.07, 6.45) is 15.0. The van der Waals surface area contributed by atoms with Crippen LogP contribution < -0.4 is 0 Å². The summed E-state index contributed by atoms with van der Waals surface area (Å²) in [5, 5.41) is 0. The molecule has 0 saturated heterocycles. The highest BCUT2D eigenvalue weighted by Gasteiger charge is 2.28. The number of carbonyl (C=O) groups excluding carboxylic acids is 1. The Labute approximate surface area is 174 Å². The Kier molecular flexibility index (Phi) is 12.5. The molecule has 2 aliphatic carbocycles. The van der Waals surface area contributed by atoms with Gasteiger partial charge in [0, 0.05) is 5.56 Å². The van der Waals surface area contributed by atoms with Gasteiger partial charge in [-0.2, -0.15) is 0 Å². The Morgan fingerprint density at radius 3 is 1.55 bits per heavy atom. The summed E-state index contributed by atoms with van der Waals surface area (Å²) in [5.74, 6) is 2.48. The molecule has 0 bridgehead atoms. The van der Waals surface area contributed by atoms with Gasteiger partial charge in [-0.3, -0.25) is 4.79 Å². The fraction of sp³-hybridized carbons (Fsp3) is 0.591. The van der Waals surface area contributed by atoms with Crippen LogP contribution in [0.3, 0.4) is 0 Å². The number of rotatable bonds is 4. The zero-order valence-corrected chi connectivity index (χ0v) is 18.2. The summed E-state index contributed by atoms with van der Waals surface area (Å²) >= 11 is 0. The van der Waals surface area contributed by atoms with E-state index in [-0.39, 0.29) is 13.7 Å². The topological polar surface area (TPSA) is 17.1 Å². The van der Waals surface area contributed by atoms with Gasteiger partial charge in [-0.1, -0.05) is 89.2 Å². The maximum absolute atomic E-state index is 10.6. The van der Waals surface area contributed by atoms with Crippen molar-refractivity contribution in [2.45, 2.75) is 82.4 Å². The molecule has 0 spiro atoms. The molecule has 0 amide bonds. The molecule has 0 aromatic heterocycles. The van der Waals surface area contributed by atoms with E-state index >= 15 is 0 Å². The molecule has 2 fully saturated rings. The van der Waals surface area contributed by atoms with Gasteiger partial charge in [0.05, 0.1) is 0 Å². The normalized spacial score (nSPS) is 18.1. The van der Waals surface area contributed by atoms with Gasteiger partial charge >= 0.3 is 7.25 Å². The predicted molar refractivity (Wildman–Crippen MR) is 117 cm³/mol. The van der Waals surface area contributed by atoms with E-state index in [9.17, 15) is 22.1 Å². The average molecular weight is 431 g/mol. The molecule has 0 unspecified atom stereocenters. The van der Waals surface area contributed by atoms with Gasteiger partial charge in [0.15, 0.2) is 5.78 Å². The van der Waals surface area contributed by atoms with Crippen LogP contribution in [0.2, 0.25) is 0 Å². The monoisotopic (exact) mass is 431 g/mol. The molecule has 2 saturated carbocycles. The van der Waals surface area contributed by atoms with Crippen LogP contribution in [0.15, 0.2) is 42.7 Å². The molecule has 7 heteroatoms. The van der Waals surface area contributed by atoms with Crippen LogP contribution in [0.1, 0.15) is 81.5 Å². The number of hydrogen-bond acceptors (Lipinski definition) is 1. The quantitative estimate of drug-likeness (QED) is 0.202. The minimum absolute atomic E-state index is 0.121. The molecule has 0 atom stereocenters. The molecule has 164 valence electrons. The Morgan fingerprint density at radius 2 is 1.28 bits per heavy atom. The van der Waals surface area contributed by atoms with E-state index in [2.05, 4.69) is 12.4 Å². The molecule has 0 heterocycles. The van der Waals surface area contributed by atoms with E-state index < -0.39 is 7.25 Å². The Hall–Kier alpha value is -1.16. The van der Waals surface area contributed by atoms with Crippen LogP contribution in [-0.4, -0.2) is 24.4 Å². The molecule has 0 radical (unpaired) electrons. The molecule has 2 aliphatic rings. The Morgan fingerprint density at radius 1 is 0.897 bits per heavy atom. The zero-order chi connectivity index (χ0) is 21.7. The first-order valence-electron chi connectivity index (χ1n) is 10.6. The molecular weight excluding hydrogens is 398 g/mol. The highest BCUT2D eigenvalue weighted by atomic mass is 31.1. The van der Waals surface area contributed by atoms with Crippen molar-refractivity contribution in [1.82, 2.24) is 0 Å². The first-order valence-corrected chi connectivity index (χ1v) is 12.1.